The molecule has 104 valence electrons. The average Bonchev–Trinajstić information content (AvgIpc) is 2.49. The number of thioether (sulfide) groups is 1. The van der Waals surface area contributed by atoms with Crippen LogP contribution in [-0.4, -0.2) is 33.6 Å². The zero-order valence-corrected chi connectivity index (χ0v) is 13.4. The summed E-state index contributed by atoms with van der Waals surface area (Å²) in [7, 11) is 0. The van der Waals surface area contributed by atoms with Gasteiger partial charge in [0, 0.05) is 29.8 Å². The third-order valence-electron chi connectivity index (χ3n) is 3.52. The SMILES string of the molecule is Cc1ccnc(N2CCSC(C)(C)CC2)c1C(N)=S. The van der Waals surface area contributed by atoms with E-state index < -0.39 is 0 Å². The molecule has 2 N–H and O–H groups in total. The van der Waals surface area contributed by atoms with Crippen LogP contribution < -0.4 is 10.6 Å². The Morgan fingerprint density at radius 3 is 2.89 bits per heavy atom. The summed E-state index contributed by atoms with van der Waals surface area (Å²) < 4.78 is 0.335. The van der Waals surface area contributed by atoms with Gasteiger partial charge in [0.1, 0.15) is 10.8 Å². The van der Waals surface area contributed by atoms with E-state index in [9.17, 15) is 0 Å². The maximum atomic E-state index is 5.87. The van der Waals surface area contributed by atoms with Crippen molar-refractivity contribution in [3.63, 3.8) is 0 Å². The highest BCUT2D eigenvalue weighted by Gasteiger charge is 2.25. The van der Waals surface area contributed by atoms with Crippen LogP contribution in [0.15, 0.2) is 12.3 Å². The molecule has 0 radical (unpaired) electrons. The minimum atomic E-state index is 0.335. The van der Waals surface area contributed by atoms with Gasteiger partial charge in [-0.15, -0.1) is 0 Å². The van der Waals surface area contributed by atoms with Crippen LogP contribution in [0.25, 0.3) is 0 Å². The maximum absolute atomic E-state index is 5.87. The molecular weight excluding hydrogens is 274 g/mol. The number of thiocarbonyl (C=S) groups is 1. The van der Waals surface area contributed by atoms with Crippen molar-refractivity contribution >= 4 is 34.8 Å². The number of hydrogen-bond acceptors (Lipinski definition) is 4. The van der Waals surface area contributed by atoms with Gasteiger partial charge in [0.15, 0.2) is 0 Å². The molecule has 2 rings (SSSR count). The summed E-state index contributed by atoms with van der Waals surface area (Å²) in [6, 6.07) is 1.97. The molecule has 2 heterocycles. The van der Waals surface area contributed by atoms with Gasteiger partial charge in [0.05, 0.1) is 5.56 Å². The second-order valence-corrected chi connectivity index (χ2v) is 7.78. The first-order valence-electron chi connectivity index (χ1n) is 6.55. The Kier molecular flexibility index (Phi) is 4.36. The number of nitrogens with two attached hydrogens (primary N) is 1. The first-order chi connectivity index (χ1) is 8.91. The van der Waals surface area contributed by atoms with Gasteiger partial charge in [-0.05, 0) is 25.0 Å². The fourth-order valence-corrected chi connectivity index (χ4v) is 3.67. The molecule has 0 bridgehead atoms. The maximum Gasteiger partial charge on any atom is 0.139 e. The van der Waals surface area contributed by atoms with Gasteiger partial charge < -0.3 is 10.6 Å². The number of anilines is 1. The number of hydrogen-bond donors (Lipinski definition) is 1. The molecular formula is C14H21N3S2. The Labute approximate surface area is 125 Å². The Morgan fingerprint density at radius 1 is 1.47 bits per heavy atom. The highest BCUT2D eigenvalue weighted by Crippen LogP contribution is 2.33. The molecule has 0 atom stereocenters. The fraction of sp³-hybridized carbons (Fsp3) is 0.571. The lowest BCUT2D eigenvalue weighted by molar-refractivity contribution is 0.635. The van der Waals surface area contributed by atoms with E-state index in [2.05, 4.69) is 23.7 Å². The van der Waals surface area contributed by atoms with E-state index in [1.807, 2.05) is 30.9 Å². The largest absolute Gasteiger partial charge is 0.389 e. The standard InChI is InChI=1S/C14H21N3S2/c1-10-4-6-16-13(11(10)12(15)18)17-7-5-14(2,3)19-9-8-17/h4,6H,5,7-9H2,1-3H3,(H2,15,18). The molecule has 0 aromatic carbocycles. The van der Waals surface area contributed by atoms with Gasteiger partial charge in [0.2, 0.25) is 0 Å². The van der Waals surface area contributed by atoms with Crippen LogP contribution in [0, 0.1) is 6.92 Å². The topological polar surface area (TPSA) is 42.2 Å². The third kappa shape index (κ3) is 3.39. The summed E-state index contributed by atoms with van der Waals surface area (Å²) in [5.41, 5.74) is 7.91. The molecule has 1 aliphatic rings. The lowest BCUT2D eigenvalue weighted by Gasteiger charge is -2.25. The van der Waals surface area contributed by atoms with Crippen molar-refractivity contribution in [3.05, 3.63) is 23.4 Å². The van der Waals surface area contributed by atoms with Crippen LogP contribution in [0.4, 0.5) is 5.82 Å². The Bertz CT molecular complexity index is 486. The van der Waals surface area contributed by atoms with Crippen LogP contribution >= 0.6 is 24.0 Å². The van der Waals surface area contributed by atoms with Gasteiger partial charge in [-0.2, -0.15) is 11.8 Å². The van der Waals surface area contributed by atoms with Gasteiger partial charge in [-0.1, -0.05) is 26.1 Å². The Balaban J connectivity index is 2.32. The molecule has 19 heavy (non-hydrogen) atoms. The lowest BCUT2D eigenvalue weighted by Crippen LogP contribution is -2.30. The van der Waals surface area contributed by atoms with Crippen LogP contribution in [0.2, 0.25) is 0 Å². The van der Waals surface area contributed by atoms with Crippen molar-refractivity contribution in [1.82, 2.24) is 4.98 Å². The third-order valence-corrected chi connectivity index (χ3v) is 5.10. The quantitative estimate of drug-likeness (QED) is 0.850. The van der Waals surface area contributed by atoms with E-state index in [1.54, 1.807) is 0 Å². The number of pyridine rings is 1. The molecule has 5 heteroatoms. The van der Waals surface area contributed by atoms with E-state index in [4.69, 9.17) is 18.0 Å². The lowest BCUT2D eigenvalue weighted by atomic mass is 10.1. The summed E-state index contributed by atoms with van der Waals surface area (Å²) in [5.74, 6) is 2.06. The summed E-state index contributed by atoms with van der Waals surface area (Å²) in [5, 5.41) is 0. The molecule has 1 fully saturated rings. The highest BCUT2D eigenvalue weighted by molar-refractivity contribution is 8.00. The fourth-order valence-electron chi connectivity index (χ4n) is 2.32. The summed E-state index contributed by atoms with van der Waals surface area (Å²) in [6.07, 6.45) is 2.99. The summed E-state index contributed by atoms with van der Waals surface area (Å²) in [4.78, 5) is 7.29. The predicted molar refractivity (Wildman–Crippen MR) is 88.2 cm³/mol. The number of nitrogens with zero attached hydrogens (tertiary/aromatic N) is 2. The Hall–Kier alpha value is -0.810. The molecule has 0 unspecified atom stereocenters. The molecule has 0 amide bonds. The Morgan fingerprint density at radius 2 is 2.21 bits per heavy atom. The van der Waals surface area contributed by atoms with Gasteiger partial charge in [0.25, 0.3) is 0 Å². The average molecular weight is 295 g/mol. The smallest absolute Gasteiger partial charge is 0.139 e. The van der Waals surface area contributed by atoms with Crippen molar-refractivity contribution in [2.24, 2.45) is 5.73 Å². The van der Waals surface area contributed by atoms with Crippen LogP contribution in [-0.2, 0) is 0 Å². The van der Waals surface area contributed by atoms with E-state index in [1.165, 1.54) is 0 Å². The zero-order chi connectivity index (χ0) is 14.0. The summed E-state index contributed by atoms with van der Waals surface area (Å²) in [6.45, 7) is 8.65. The van der Waals surface area contributed by atoms with Gasteiger partial charge in [-0.25, -0.2) is 4.98 Å². The van der Waals surface area contributed by atoms with E-state index in [0.29, 0.717) is 9.74 Å². The van der Waals surface area contributed by atoms with Gasteiger partial charge >= 0.3 is 0 Å². The van der Waals surface area contributed by atoms with E-state index >= 15 is 0 Å². The molecule has 1 aromatic rings. The predicted octanol–water partition coefficient (Wildman–Crippen LogP) is 2.75. The molecule has 3 nitrogen and oxygen atoms in total. The molecule has 0 aliphatic carbocycles. The molecule has 1 saturated heterocycles. The summed E-state index contributed by atoms with van der Waals surface area (Å²) >= 11 is 7.22. The van der Waals surface area contributed by atoms with Crippen molar-refractivity contribution in [2.75, 3.05) is 23.7 Å². The first-order valence-corrected chi connectivity index (χ1v) is 7.94. The zero-order valence-electron chi connectivity index (χ0n) is 11.8. The van der Waals surface area contributed by atoms with Crippen molar-refractivity contribution < 1.29 is 0 Å². The minimum Gasteiger partial charge on any atom is -0.389 e. The molecule has 1 aliphatic heterocycles. The van der Waals surface area contributed by atoms with Crippen molar-refractivity contribution in [3.8, 4) is 0 Å². The molecule has 0 saturated carbocycles. The van der Waals surface area contributed by atoms with Crippen molar-refractivity contribution in [1.29, 1.82) is 0 Å². The van der Waals surface area contributed by atoms with Crippen LogP contribution in [0.3, 0.4) is 0 Å². The molecule has 0 spiro atoms. The second-order valence-electron chi connectivity index (χ2n) is 5.54. The second kappa shape index (κ2) is 5.67. The number of aryl methyl sites for hydroxylation is 1. The van der Waals surface area contributed by atoms with Crippen LogP contribution in [0.5, 0.6) is 0 Å². The monoisotopic (exact) mass is 295 g/mol. The normalized spacial score (nSPS) is 19.0. The number of rotatable bonds is 2. The van der Waals surface area contributed by atoms with E-state index in [0.717, 1.165) is 42.2 Å². The van der Waals surface area contributed by atoms with Crippen molar-refractivity contribution in [2.45, 2.75) is 31.9 Å². The minimum absolute atomic E-state index is 0.335. The van der Waals surface area contributed by atoms with Gasteiger partial charge in [-0.3, -0.25) is 0 Å². The number of aromatic nitrogens is 1. The van der Waals surface area contributed by atoms with E-state index in [-0.39, 0.29) is 0 Å². The molecule has 1 aromatic heterocycles. The highest BCUT2D eigenvalue weighted by atomic mass is 32.2. The first kappa shape index (κ1) is 14.6. The van der Waals surface area contributed by atoms with Crippen LogP contribution in [0.1, 0.15) is 31.4 Å².